The van der Waals surface area contributed by atoms with Gasteiger partial charge in [0.1, 0.15) is 18.1 Å². The number of hydrogen-bond acceptors (Lipinski definition) is 8. The number of nitrogens with zero attached hydrogens (tertiary/aromatic N) is 1. The number of likely N-dealkylation sites (N-methyl/N-ethyl adjacent to an activating group) is 1. The molecule has 13 heteroatoms. The van der Waals surface area contributed by atoms with Gasteiger partial charge in [-0.15, -0.1) is 0 Å². The molecular formula is C17H20BrNO9S2. The minimum absolute atomic E-state index is 0.0538. The topological polar surface area (TPSA) is 140 Å². The van der Waals surface area contributed by atoms with Crippen molar-refractivity contribution >= 4 is 42.4 Å². The van der Waals surface area contributed by atoms with Crippen molar-refractivity contribution < 1.29 is 39.0 Å². The van der Waals surface area contributed by atoms with E-state index in [0.29, 0.717) is 34.6 Å². The number of aryl methyl sites for hydroxylation is 1. The lowest BCUT2D eigenvalue weighted by Crippen LogP contribution is -2.28. The number of ether oxygens (including phenoxy) is 1. The summed E-state index contributed by atoms with van der Waals surface area (Å²) in [5.41, 5.74) is 1.06. The maximum absolute atomic E-state index is 11.1. The van der Waals surface area contributed by atoms with Crippen LogP contribution in [0.5, 0.6) is 17.2 Å². The first-order valence-corrected chi connectivity index (χ1v) is 12.0. The number of halogens is 1. The first kappa shape index (κ1) is 24.2. The van der Waals surface area contributed by atoms with E-state index in [0.717, 1.165) is 0 Å². The van der Waals surface area contributed by atoms with Crippen molar-refractivity contribution in [2.24, 2.45) is 0 Å². The molecule has 0 bridgehead atoms. The molecule has 2 rings (SSSR count). The fraction of sp³-hybridized carbons (Fsp3) is 0.294. The van der Waals surface area contributed by atoms with Gasteiger partial charge in [-0.3, -0.25) is 9.11 Å². The average molecular weight is 526 g/mol. The van der Waals surface area contributed by atoms with E-state index in [1.807, 2.05) is 6.92 Å². The molecule has 0 fully saturated rings. The van der Waals surface area contributed by atoms with Crippen molar-refractivity contribution in [3.8, 4) is 17.2 Å². The van der Waals surface area contributed by atoms with E-state index in [-0.39, 0.29) is 18.1 Å². The van der Waals surface area contributed by atoms with Crippen molar-refractivity contribution in [1.82, 2.24) is 0 Å². The van der Waals surface area contributed by atoms with Gasteiger partial charge in [0.2, 0.25) is 0 Å². The van der Waals surface area contributed by atoms with E-state index in [2.05, 4.69) is 24.3 Å². The zero-order chi connectivity index (χ0) is 22.5. The zero-order valence-corrected chi connectivity index (χ0v) is 19.2. The molecule has 0 radical (unpaired) electrons. The second-order valence-corrected chi connectivity index (χ2v) is 9.00. The molecule has 0 saturated carbocycles. The van der Waals surface area contributed by atoms with Crippen LogP contribution < -0.4 is 18.0 Å². The van der Waals surface area contributed by atoms with Crippen molar-refractivity contribution in [2.45, 2.75) is 13.8 Å². The first-order chi connectivity index (χ1) is 13.9. The summed E-state index contributed by atoms with van der Waals surface area (Å²) in [7, 11) is -9.36. The molecule has 10 nitrogen and oxygen atoms in total. The molecule has 166 valence electrons. The molecule has 0 unspecified atom stereocenters. The highest BCUT2D eigenvalue weighted by atomic mass is 79.9. The maximum Gasteiger partial charge on any atom is 0.446 e. The van der Waals surface area contributed by atoms with Gasteiger partial charge >= 0.3 is 20.8 Å². The Kier molecular flexibility index (Phi) is 7.93. The second kappa shape index (κ2) is 9.83. The lowest BCUT2D eigenvalue weighted by Gasteiger charge is -2.25. The minimum atomic E-state index is -4.70. The second-order valence-electron chi connectivity index (χ2n) is 6.04. The minimum Gasteiger partial charge on any atom is -0.492 e. The fourth-order valence-corrected chi connectivity index (χ4v) is 3.67. The van der Waals surface area contributed by atoms with Crippen molar-refractivity contribution in [1.29, 1.82) is 0 Å². The molecular weight excluding hydrogens is 506 g/mol. The third kappa shape index (κ3) is 7.99. The predicted molar refractivity (Wildman–Crippen MR) is 113 cm³/mol. The van der Waals surface area contributed by atoms with E-state index in [1.165, 1.54) is 18.2 Å². The van der Waals surface area contributed by atoms with Gasteiger partial charge in [-0.05, 0) is 49.7 Å². The molecule has 0 saturated heterocycles. The Morgan fingerprint density at radius 1 is 0.967 bits per heavy atom. The van der Waals surface area contributed by atoms with Crippen LogP contribution >= 0.6 is 15.9 Å². The van der Waals surface area contributed by atoms with Gasteiger partial charge in [-0.25, -0.2) is 0 Å². The Hall–Kier alpha value is -2.06. The Bertz CT molecular complexity index is 1100. The Morgan fingerprint density at radius 2 is 1.60 bits per heavy atom. The molecule has 0 aromatic heterocycles. The van der Waals surface area contributed by atoms with Gasteiger partial charge in [0.05, 0.1) is 12.2 Å². The summed E-state index contributed by atoms with van der Waals surface area (Å²) in [6, 6.07) is 8.98. The van der Waals surface area contributed by atoms with Crippen LogP contribution in [0, 0.1) is 6.92 Å². The Morgan fingerprint density at radius 3 is 2.20 bits per heavy atom. The first-order valence-electron chi connectivity index (χ1n) is 8.49. The summed E-state index contributed by atoms with van der Waals surface area (Å²) >= 11 is 3.31. The van der Waals surface area contributed by atoms with Gasteiger partial charge in [0.15, 0.2) is 5.75 Å². The van der Waals surface area contributed by atoms with Crippen LogP contribution in [0.4, 0.5) is 5.69 Å². The lowest BCUT2D eigenvalue weighted by molar-refractivity contribution is 0.322. The van der Waals surface area contributed by atoms with Gasteiger partial charge in [-0.2, -0.15) is 16.8 Å². The summed E-state index contributed by atoms with van der Waals surface area (Å²) in [4.78, 5) is 1.76. The predicted octanol–water partition coefficient (Wildman–Crippen LogP) is 3.03. The largest absolute Gasteiger partial charge is 0.492 e. The van der Waals surface area contributed by atoms with Gasteiger partial charge in [-0.1, -0.05) is 15.9 Å². The molecule has 0 heterocycles. The van der Waals surface area contributed by atoms with Gasteiger partial charge in [0, 0.05) is 17.1 Å². The number of anilines is 1. The summed E-state index contributed by atoms with van der Waals surface area (Å²) in [5.74, 6) is 0.158. The summed E-state index contributed by atoms with van der Waals surface area (Å²) in [6.07, 6.45) is 0. The van der Waals surface area contributed by atoms with Gasteiger partial charge in [0.25, 0.3) is 0 Å². The van der Waals surface area contributed by atoms with E-state index in [1.54, 1.807) is 30.0 Å². The SMILES string of the molecule is CCN(CCOc1cc(C)cc(OS(=O)(=O)O)c1)c1cc(Br)ccc1OS(=O)(=O)O. The Balaban J connectivity index is 2.15. The van der Waals surface area contributed by atoms with Crippen LogP contribution in [0.3, 0.4) is 0 Å². The molecule has 0 aliphatic rings. The Labute approximate surface area is 183 Å². The normalized spacial score (nSPS) is 11.8. The van der Waals surface area contributed by atoms with Crippen molar-refractivity contribution in [2.75, 3.05) is 24.6 Å². The fourth-order valence-electron chi connectivity index (χ4n) is 2.61. The van der Waals surface area contributed by atoms with E-state index in [4.69, 9.17) is 13.8 Å². The van der Waals surface area contributed by atoms with Crippen LogP contribution in [0.1, 0.15) is 12.5 Å². The number of rotatable bonds is 10. The highest BCUT2D eigenvalue weighted by molar-refractivity contribution is 9.10. The van der Waals surface area contributed by atoms with E-state index < -0.39 is 20.8 Å². The van der Waals surface area contributed by atoms with Crippen LogP contribution in [0.2, 0.25) is 0 Å². The third-order valence-corrected chi connectivity index (χ3v) is 4.98. The average Bonchev–Trinajstić information content (AvgIpc) is 2.57. The van der Waals surface area contributed by atoms with Crippen LogP contribution in [-0.4, -0.2) is 45.6 Å². The highest BCUT2D eigenvalue weighted by Crippen LogP contribution is 2.32. The zero-order valence-electron chi connectivity index (χ0n) is 16.0. The molecule has 30 heavy (non-hydrogen) atoms. The highest BCUT2D eigenvalue weighted by Gasteiger charge is 2.17. The molecule has 0 aliphatic heterocycles. The smallest absolute Gasteiger partial charge is 0.446 e. The van der Waals surface area contributed by atoms with Crippen molar-refractivity contribution in [3.05, 3.63) is 46.4 Å². The maximum atomic E-state index is 11.1. The van der Waals surface area contributed by atoms with Crippen molar-refractivity contribution in [3.63, 3.8) is 0 Å². The van der Waals surface area contributed by atoms with Crippen LogP contribution in [0.15, 0.2) is 40.9 Å². The molecule has 2 N–H and O–H groups in total. The lowest BCUT2D eigenvalue weighted by atomic mass is 10.2. The van der Waals surface area contributed by atoms with Crippen LogP contribution in [0.25, 0.3) is 0 Å². The quantitative estimate of drug-likeness (QED) is 0.444. The third-order valence-electron chi connectivity index (χ3n) is 3.69. The monoisotopic (exact) mass is 525 g/mol. The van der Waals surface area contributed by atoms with E-state index in [9.17, 15) is 16.8 Å². The summed E-state index contributed by atoms with van der Waals surface area (Å²) in [5, 5.41) is 0. The van der Waals surface area contributed by atoms with Gasteiger partial charge < -0.3 is 18.0 Å². The standard InChI is InChI=1S/C17H20BrNO9S2/c1-3-19(16-10-13(18)4-5-17(16)28-30(23,24)25)6-7-26-14-8-12(2)9-15(11-14)27-29(20,21)22/h4-5,8-11H,3,6-7H2,1-2H3,(H,20,21,22)(H,23,24,25). The molecule has 0 atom stereocenters. The molecule has 0 spiro atoms. The number of hydrogen-bond donors (Lipinski definition) is 2. The molecule has 0 amide bonds. The summed E-state index contributed by atoms with van der Waals surface area (Å²) < 4.78 is 77.2. The van der Waals surface area contributed by atoms with E-state index >= 15 is 0 Å². The molecule has 2 aromatic carbocycles. The summed E-state index contributed by atoms with van der Waals surface area (Å²) in [6.45, 7) is 4.44. The molecule has 2 aromatic rings. The number of benzene rings is 2. The van der Waals surface area contributed by atoms with Crippen LogP contribution in [-0.2, 0) is 20.8 Å². The molecule has 0 aliphatic carbocycles.